The number of carbonyl (C=O) groups excluding carboxylic acids is 2. The van der Waals surface area contributed by atoms with Gasteiger partial charge >= 0.3 is 17.9 Å². The highest BCUT2D eigenvalue weighted by Gasteiger charge is 2.31. The van der Waals surface area contributed by atoms with Gasteiger partial charge in [0.1, 0.15) is 6.61 Å². The van der Waals surface area contributed by atoms with Crippen molar-refractivity contribution in [2.45, 2.75) is 161 Å². The molecule has 0 spiro atoms. The number of esters is 2. The molecule has 348 valence electrons. The molecule has 0 radical (unpaired) electrons. The molecule has 8 heteroatoms. The molecule has 0 aliphatic rings. The summed E-state index contributed by atoms with van der Waals surface area (Å²) in [6, 6.07) is -0.634. The fourth-order valence-corrected chi connectivity index (χ4v) is 6.08. The molecule has 2 unspecified atom stereocenters. The summed E-state index contributed by atoms with van der Waals surface area (Å²) in [6.07, 6.45) is 61.1. The van der Waals surface area contributed by atoms with E-state index in [2.05, 4.69) is 135 Å². The minimum absolute atomic E-state index is 0.0290. The number of nitrogens with zero attached hydrogens (tertiary/aromatic N) is 1. The van der Waals surface area contributed by atoms with Crippen LogP contribution in [0.15, 0.2) is 122 Å². The van der Waals surface area contributed by atoms with Gasteiger partial charge in [-0.25, -0.2) is 4.79 Å². The minimum atomic E-state index is -0.891. The van der Waals surface area contributed by atoms with Gasteiger partial charge in [-0.3, -0.25) is 9.59 Å². The summed E-state index contributed by atoms with van der Waals surface area (Å²) >= 11 is 0. The van der Waals surface area contributed by atoms with E-state index in [4.69, 9.17) is 14.2 Å². The number of likely N-dealkylation sites (N-methyl/N-ethyl adjacent to an activating group) is 1. The van der Waals surface area contributed by atoms with Crippen LogP contribution in [0.5, 0.6) is 0 Å². The standard InChI is InChI=1S/C54H85NO7/c1-6-8-10-12-14-16-18-20-22-23-24-25-26-27-28-29-31-32-34-36-38-40-42-44-52(56)61-49-50(48-60-47-46-51(54(58)59)55(3,4)5)62-53(57)45-43-41-39-37-35-33-30-21-19-17-15-13-11-9-7-2/h8-11,13-17,19-20,22,24-25,27-28,31-32,36,38,50-51H,6-7,12,18,21,23,26,29-30,33-35,37,39-49H2,1-5H3/p+1/b10-8+,11-9+,15-13+,16-14+,19-17+,22-20+,25-24+,28-27+,32-31+,38-36+. The topological polar surface area (TPSA) is 99.1 Å². The molecule has 0 fully saturated rings. The van der Waals surface area contributed by atoms with Gasteiger partial charge < -0.3 is 23.8 Å². The molecule has 62 heavy (non-hydrogen) atoms. The van der Waals surface area contributed by atoms with Crippen molar-refractivity contribution in [3.63, 3.8) is 0 Å². The molecule has 2 atom stereocenters. The van der Waals surface area contributed by atoms with E-state index in [0.717, 1.165) is 89.9 Å². The van der Waals surface area contributed by atoms with Gasteiger partial charge in [0, 0.05) is 19.3 Å². The third-order valence-corrected chi connectivity index (χ3v) is 9.67. The average molecular weight is 861 g/mol. The lowest BCUT2D eigenvalue weighted by molar-refractivity contribution is -0.887. The van der Waals surface area contributed by atoms with E-state index in [1.54, 1.807) is 0 Å². The number of rotatable bonds is 40. The normalized spacial score (nSPS) is 14.0. The summed E-state index contributed by atoms with van der Waals surface area (Å²) in [5.41, 5.74) is 0. The van der Waals surface area contributed by atoms with Crippen molar-refractivity contribution in [3.8, 4) is 0 Å². The zero-order chi connectivity index (χ0) is 45.6. The zero-order valence-electron chi connectivity index (χ0n) is 39.5. The highest BCUT2D eigenvalue weighted by Crippen LogP contribution is 2.13. The van der Waals surface area contributed by atoms with Gasteiger partial charge in [-0.15, -0.1) is 0 Å². The molecule has 0 saturated carbocycles. The van der Waals surface area contributed by atoms with E-state index in [1.165, 1.54) is 19.3 Å². The van der Waals surface area contributed by atoms with Gasteiger partial charge in [0.2, 0.25) is 0 Å². The van der Waals surface area contributed by atoms with E-state index in [9.17, 15) is 19.5 Å². The van der Waals surface area contributed by atoms with Crippen LogP contribution < -0.4 is 0 Å². The fourth-order valence-electron chi connectivity index (χ4n) is 6.08. The van der Waals surface area contributed by atoms with Crippen LogP contribution in [0.25, 0.3) is 0 Å². The van der Waals surface area contributed by atoms with Crippen LogP contribution >= 0.6 is 0 Å². The van der Waals surface area contributed by atoms with Gasteiger partial charge in [-0.05, 0) is 83.5 Å². The molecule has 0 rings (SSSR count). The van der Waals surface area contributed by atoms with Crippen molar-refractivity contribution >= 4 is 17.9 Å². The highest BCUT2D eigenvalue weighted by molar-refractivity contribution is 5.72. The van der Waals surface area contributed by atoms with Crippen LogP contribution in [0.1, 0.15) is 149 Å². The van der Waals surface area contributed by atoms with Gasteiger partial charge in [-0.1, -0.05) is 167 Å². The quantitative estimate of drug-likeness (QED) is 0.0215. The lowest BCUT2D eigenvalue weighted by atomic mass is 10.1. The Morgan fingerprint density at radius 3 is 1.47 bits per heavy atom. The molecule has 0 amide bonds. The van der Waals surface area contributed by atoms with Crippen molar-refractivity contribution < 1.29 is 38.2 Å². The van der Waals surface area contributed by atoms with Gasteiger partial charge in [-0.2, -0.15) is 0 Å². The van der Waals surface area contributed by atoms with Crippen LogP contribution in [0.3, 0.4) is 0 Å². The van der Waals surface area contributed by atoms with Gasteiger partial charge in [0.15, 0.2) is 12.1 Å². The number of carboxylic acid groups (broad SMARTS) is 1. The molecule has 0 aromatic rings. The number of ether oxygens (including phenoxy) is 3. The first kappa shape index (κ1) is 57.7. The molecule has 0 aromatic carbocycles. The monoisotopic (exact) mass is 861 g/mol. The van der Waals surface area contributed by atoms with E-state index in [1.807, 2.05) is 21.1 Å². The Hall–Kier alpha value is -4.27. The van der Waals surface area contributed by atoms with Crippen LogP contribution in [-0.2, 0) is 28.6 Å². The van der Waals surface area contributed by atoms with Crippen LogP contribution in [-0.4, -0.2) is 80.6 Å². The number of hydrogen-bond donors (Lipinski definition) is 1. The largest absolute Gasteiger partial charge is 0.477 e. The molecular weight excluding hydrogens is 775 g/mol. The summed E-state index contributed by atoms with van der Waals surface area (Å²) in [4.78, 5) is 37.0. The molecular formula is C54H86NO7+. The maximum atomic E-state index is 12.7. The molecule has 0 aliphatic carbocycles. The lowest BCUT2D eigenvalue weighted by Crippen LogP contribution is -2.50. The first-order chi connectivity index (χ1) is 30.1. The Kier molecular flexibility index (Phi) is 40.4. The second kappa shape index (κ2) is 43.4. The molecule has 0 saturated heterocycles. The summed E-state index contributed by atoms with van der Waals surface area (Å²) in [5, 5.41) is 9.63. The smallest absolute Gasteiger partial charge is 0.362 e. The molecule has 0 aliphatic heterocycles. The van der Waals surface area contributed by atoms with Gasteiger partial charge in [0.05, 0.1) is 34.4 Å². The lowest BCUT2D eigenvalue weighted by Gasteiger charge is -2.31. The van der Waals surface area contributed by atoms with E-state index in [-0.39, 0.29) is 42.7 Å². The minimum Gasteiger partial charge on any atom is -0.477 e. The van der Waals surface area contributed by atoms with Crippen molar-refractivity contribution in [2.24, 2.45) is 0 Å². The number of aliphatic carboxylic acids is 1. The van der Waals surface area contributed by atoms with E-state index in [0.29, 0.717) is 19.3 Å². The Bertz CT molecular complexity index is 1420. The SMILES string of the molecule is CC/C=C/C=C/C=C/CCCCCCCCCC(=O)OC(COCCC(C(=O)O)[N+](C)(C)C)COC(=O)CCC/C=C/C/C=C/C/C=C/C/C=C/C/C=C/C/C=C/C/C=C/CC. The van der Waals surface area contributed by atoms with Crippen molar-refractivity contribution in [1.82, 2.24) is 0 Å². The maximum Gasteiger partial charge on any atom is 0.362 e. The number of hydrogen-bond acceptors (Lipinski definition) is 6. The molecule has 0 bridgehead atoms. The van der Waals surface area contributed by atoms with E-state index >= 15 is 0 Å². The second-order valence-corrected chi connectivity index (χ2v) is 16.3. The Morgan fingerprint density at radius 1 is 0.500 bits per heavy atom. The number of quaternary nitrogens is 1. The highest BCUT2D eigenvalue weighted by atomic mass is 16.6. The number of carbonyl (C=O) groups is 3. The third kappa shape index (κ3) is 41.1. The molecule has 8 nitrogen and oxygen atoms in total. The van der Waals surface area contributed by atoms with Crippen molar-refractivity contribution in [1.29, 1.82) is 0 Å². The molecule has 1 N–H and O–H groups in total. The van der Waals surface area contributed by atoms with Crippen molar-refractivity contribution in [2.75, 3.05) is 41.0 Å². The Labute approximate surface area is 378 Å². The Morgan fingerprint density at radius 2 is 0.952 bits per heavy atom. The van der Waals surface area contributed by atoms with Crippen LogP contribution in [0.2, 0.25) is 0 Å². The molecule has 0 heterocycles. The first-order valence-electron chi connectivity index (χ1n) is 23.6. The Balaban J connectivity index is 4.44. The van der Waals surface area contributed by atoms with Crippen LogP contribution in [0, 0.1) is 0 Å². The second-order valence-electron chi connectivity index (χ2n) is 16.3. The predicted octanol–water partition coefficient (Wildman–Crippen LogP) is 13.4. The zero-order valence-corrected chi connectivity index (χ0v) is 39.5. The maximum absolute atomic E-state index is 12.7. The van der Waals surface area contributed by atoms with E-state index < -0.39 is 18.1 Å². The summed E-state index contributed by atoms with van der Waals surface area (Å²) in [5.74, 6) is -1.58. The van der Waals surface area contributed by atoms with Crippen molar-refractivity contribution in [3.05, 3.63) is 122 Å². The number of unbranched alkanes of at least 4 members (excludes halogenated alkanes) is 8. The van der Waals surface area contributed by atoms with Crippen LogP contribution in [0.4, 0.5) is 0 Å². The average Bonchev–Trinajstić information content (AvgIpc) is 3.23. The summed E-state index contributed by atoms with van der Waals surface area (Å²) < 4.78 is 17.2. The summed E-state index contributed by atoms with van der Waals surface area (Å²) in [7, 11) is 5.49. The number of carboxylic acids is 1. The third-order valence-electron chi connectivity index (χ3n) is 9.67. The predicted molar refractivity (Wildman–Crippen MR) is 261 cm³/mol. The summed E-state index contributed by atoms with van der Waals surface area (Å²) in [6.45, 7) is 4.39. The van der Waals surface area contributed by atoms with Gasteiger partial charge in [0.25, 0.3) is 0 Å². The number of allylic oxidation sites excluding steroid dienone is 20. The fraction of sp³-hybridized carbons (Fsp3) is 0.574. The molecule has 0 aromatic heterocycles. The first-order valence-corrected chi connectivity index (χ1v) is 23.6.